The van der Waals surface area contributed by atoms with Gasteiger partial charge in [-0.05, 0) is 36.8 Å². The van der Waals surface area contributed by atoms with Crippen molar-refractivity contribution in [3.05, 3.63) is 66.4 Å². The maximum Gasteiger partial charge on any atom is 0.247 e. The minimum Gasteiger partial charge on any atom is -0.497 e. The monoisotopic (exact) mass is 335 g/mol. The molecular formula is C19H21N5O. The predicted molar refractivity (Wildman–Crippen MR) is 99.3 cm³/mol. The Bertz CT molecular complexity index is 792. The molecular weight excluding hydrogens is 314 g/mol. The van der Waals surface area contributed by atoms with E-state index in [4.69, 9.17) is 4.74 Å². The summed E-state index contributed by atoms with van der Waals surface area (Å²) in [5, 5.41) is 11.5. The Morgan fingerprint density at radius 2 is 1.80 bits per heavy atom. The van der Waals surface area contributed by atoms with Crippen molar-refractivity contribution in [3.63, 3.8) is 0 Å². The summed E-state index contributed by atoms with van der Waals surface area (Å²) in [4.78, 5) is 6.67. The molecule has 0 bridgehead atoms. The van der Waals surface area contributed by atoms with Crippen molar-refractivity contribution in [2.24, 2.45) is 0 Å². The molecule has 1 aromatic heterocycles. The van der Waals surface area contributed by atoms with Gasteiger partial charge >= 0.3 is 0 Å². The van der Waals surface area contributed by atoms with Gasteiger partial charge in [-0.25, -0.2) is 0 Å². The van der Waals surface area contributed by atoms with Gasteiger partial charge in [0.05, 0.1) is 13.3 Å². The first-order valence-corrected chi connectivity index (χ1v) is 8.18. The molecule has 0 saturated heterocycles. The molecule has 3 rings (SSSR count). The quantitative estimate of drug-likeness (QED) is 0.711. The minimum absolute atomic E-state index is 0.602. The Morgan fingerprint density at radius 1 is 1.04 bits per heavy atom. The standard InChI is InChI=1S/C19H21N5O/c1-3-24(14-15-7-5-4-6-8-15)19-22-18(13-20-23-19)21-16-9-11-17(25-2)12-10-16/h4-13H,3,14H2,1-2H3,(H,21,22,23). The molecule has 2 aromatic carbocycles. The first-order chi connectivity index (χ1) is 12.3. The molecule has 0 aliphatic carbocycles. The molecule has 1 N–H and O–H groups in total. The highest BCUT2D eigenvalue weighted by atomic mass is 16.5. The summed E-state index contributed by atoms with van der Waals surface area (Å²) >= 11 is 0. The Hall–Kier alpha value is -3.15. The molecule has 0 aliphatic heterocycles. The number of nitrogens with one attached hydrogen (secondary N) is 1. The van der Waals surface area contributed by atoms with Gasteiger partial charge < -0.3 is 15.0 Å². The van der Waals surface area contributed by atoms with Gasteiger partial charge in [-0.1, -0.05) is 30.3 Å². The molecule has 0 saturated carbocycles. The third-order valence-corrected chi connectivity index (χ3v) is 3.79. The third-order valence-electron chi connectivity index (χ3n) is 3.79. The topological polar surface area (TPSA) is 63.2 Å². The Labute approximate surface area is 147 Å². The molecule has 3 aromatic rings. The van der Waals surface area contributed by atoms with E-state index in [2.05, 4.69) is 44.5 Å². The van der Waals surface area contributed by atoms with Crippen LogP contribution in [0.3, 0.4) is 0 Å². The zero-order valence-electron chi connectivity index (χ0n) is 14.4. The van der Waals surface area contributed by atoms with E-state index in [0.717, 1.165) is 24.5 Å². The molecule has 6 heteroatoms. The lowest BCUT2D eigenvalue weighted by molar-refractivity contribution is 0.415. The zero-order chi connectivity index (χ0) is 17.5. The highest BCUT2D eigenvalue weighted by molar-refractivity contribution is 5.57. The summed E-state index contributed by atoms with van der Waals surface area (Å²) in [7, 11) is 1.65. The maximum absolute atomic E-state index is 5.17. The van der Waals surface area contributed by atoms with Crippen LogP contribution in [-0.4, -0.2) is 28.8 Å². The molecule has 0 spiro atoms. The smallest absolute Gasteiger partial charge is 0.247 e. The second-order valence-corrected chi connectivity index (χ2v) is 5.49. The minimum atomic E-state index is 0.602. The number of rotatable bonds is 7. The number of hydrogen-bond acceptors (Lipinski definition) is 6. The summed E-state index contributed by atoms with van der Waals surface area (Å²) in [6.45, 7) is 3.61. The first kappa shape index (κ1) is 16.7. The van der Waals surface area contributed by atoms with E-state index in [1.165, 1.54) is 5.56 Å². The molecule has 0 fully saturated rings. The van der Waals surface area contributed by atoms with Crippen LogP contribution in [0, 0.1) is 0 Å². The van der Waals surface area contributed by atoms with Gasteiger partial charge in [0.2, 0.25) is 5.95 Å². The molecule has 1 heterocycles. The van der Waals surface area contributed by atoms with Gasteiger partial charge in [0.25, 0.3) is 0 Å². The molecule has 0 atom stereocenters. The van der Waals surface area contributed by atoms with Crippen LogP contribution in [0.1, 0.15) is 12.5 Å². The van der Waals surface area contributed by atoms with Gasteiger partial charge in [0.1, 0.15) is 5.75 Å². The second kappa shape index (κ2) is 8.10. The number of nitrogens with zero attached hydrogens (tertiary/aromatic N) is 4. The number of anilines is 3. The summed E-state index contributed by atoms with van der Waals surface area (Å²) in [6.07, 6.45) is 1.62. The van der Waals surface area contributed by atoms with Crippen molar-refractivity contribution >= 4 is 17.5 Å². The largest absolute Gasteiger partial charge is 0.497 e. The fourth-order valence-electron chi connectivity index (χ4n) is 2.44. The zero-order valence-corrected chi connectivity index (χ0v) is 14.4. The Morgan fingerprint density at radius 3 is 2.48 bits per heavy atom. The lowest BCUT2D eigenvalue weighted by Crippen LogP contribution is -2.24. The van der Waals surface area contributed by atoms with Gasteiger partial charge in [-0.2, -0.15) is 10.1 Å². The number of methoxy groups -OCH3 is 1. The fraction of sp³-hybridized carbons (Fsp3) is 0.211. The van der Waals surface area contributed by atoms with Crippen LogP contribution >= 0.6 is 0 Å². The van der Waals surface area contributed by atoms with Gasteiger partial charge in [0.15, 0.2) is 5.82 Å². The third kappa shape index (κ3) is 4.44. The van der Waals surface area contributed by atoms with E-state index in [1.807, 2.05) is 42.5 Å². The van der Waals surface area contributed by atoms with Crippen LogP contribution in [0.25, 0.3) is 0 Å². The fourth-order valence-corrected chi connectivity index (χ4v) is 2.44. The number of aromatic nitrogens is 3. The first-order valence-electron chi connectivity index (χ1n) is 8.18. The van der Waals surface area contributed by atoms with Crippen molar-refractivity contribution < 1.29 is 4.74 Å². The average Bonchev–Trinajstić information content (AvgIpc) is 2.68. The van der Waals surface area contributed by atoms with E-state index in [0.29, 0.717) is 11.8 Å². The lowest BCUT2D eigenvalue weighted by atomic mass is 10.2. The van der Waals surface area contributed by atoms with Crippen molar-refractivity contribution in [2.45, 2.75) is 13.5 Å². The van der Waals surface area contributed by atoms with Crippen LogP contribution in [-0.2, 0) is 6.54 Å². The van der Waals surface area contributed by atoms with Crippen LogP contribution in [0.2, 0.25) is 0 Å². The summed E-state index contributed by atoms with van der Waals surface area (Å²) in [5.74, 6) is 2.07. The van der Waals surface area contributed by atoms with Gasteiger partial charge in [-0.15, -0.1) is 5.10 Å². The molecule has 25 heavy (non-hydrogen) atoms. The molecule has 0 aliphatic rings. The number of hydrogen-bond donors (Lipinski definition) is 1. The maximum atomic E-state index is 5.17. The second-order valence-electron chi connectivity index (χ2n) is 5.49. The molecule has 128 valence electrons. The van der Waals surface area contributed by atoms with E-state index >= 15 is 0 Å². The van der Waals surface area contributed by atoms with Crippen molar-refractivity contribution in [1.82, 2.24) is 15.2 Å². The normalized spacial score (nSPS) is 10.3. The van der Waals surface area contributed by atoms with Crippen LogP contribution < -0.4 is 15.0 Å². The van der Waals surface area contributed by atoms with Crippen LogP contribution in [0.5, 0.6) is 5.75 Å². The summed E-state index contributed by atoms with van der Waals surface area (Å²) < 4.78 is 5.17. The van der Waals surface area contributed by atoms with E-state index in [-0.39, 0.29) is 0 Å². The number of ether oxygens (including phenoxy) is 1. The van der Waals surface area contributed by atoms with Crippen molar-refractivity contribution in [2.75, 3.05) is 23.9 Å². The highest BCUT2D eigenvalue weighted by Crippen LogP contribution is 2.19. The van der Waals surface area contributed by atoms with Crippen LogP contribution in [0.15, 0.2) is 60.8 Å². The van der Waals surface area contributed by atoms with Crippen molar-refractivity contribution in [3.8, 4) is 5.75 Å². The average molecular weight is 335 g/mol. The Kier molecular flexibility index (Phi) is 5.41. The Balaban J connectivity index is 1.74. The molecule has 6 nitrogen and oxygen atoms in total. The highest BCUT2D eigenvalue weighted by Gasteiger charge is 2.10. The van der Waals surface area contributed by atoms with Crippen molar-refractivity contribution in [1.29, 1.82) is 0 Å². The lowest BCUT2D eigenvalue weighted by Gasteiger charge is -2.20. The summed E-state index contributed by atoms with van der Waals surface area (Å²) in [5.41, 5.74) is 2.12. The summed E-state index contributed by atoms with van der Waals surface area (Å²) in [6, 6.07) is 17.9. The van der Waals surface area contributed by atoms with E-state index < -0.39 is 0 Å². The molecule has 0 amide bonds. The van der Waals surface area contributed by atoms with Gasteiger partial charge in [0, 0.05) is 18.8 Å². The van der Waals surface area contributed by atoms with E-state index in [1.54, 1.807) is 13.3 Å². The molecule has 0 radical (unpaired) electrons. The number of benzene rings is 2. The van der Waals surface area contributed by atoms with E-state index in [9.17, 15) is 0 Å². The predicted octanol–water partition coefficient (Wildman–Crippen LogP) is 3.65. The molecule has 0 unspecified atom stereocenters. The van der Waals surface area contributed by atoms with Gasteiger partial charge in [-0.3, -0.25) is 0 Å². The SMILES string of the molecule is CCN(Cc1ccccc1)c1nncc(Nc2ccc(OC)cc2)n1. The van der Waals surface area contributed by atoms with Crippen LogP contribution in [0.4, 0.5) is 17.5 Å².